The Morgan fingerprint density at radius 2 is 1.69 bits per heavy atom. The summed E-state index contributed by atoms with van der Waals surface area (Å²) in [6.07, 6.45) is 0.0925. The van der Waals surface area contributed by atoms with Crippen molar-refractivity contribution in [2.24, 2.45) is 5.73 Å². The molecule has 29 heavy (non-hydrogen) atoms. The second kappa shape index (κ2) is 8.73. The van der Waals surface area contributed by atoms with Crippen molar-refractivity contribution in [1.29, 1.82) is 0 Å². The van der Waals surface area contributed by atoms with Gasteiger partial charge >= 0.3 is 0 Å². The van der Waals surface area contributed by atoms with Gasteiger partial charge in [0.25, 0.3) is 5.91 Å². The number of aromatic nitrogens is 1. The van der Waals surface area contributed by atoms with E-state index in [2.05, 4.69) is 0 Å². The van der Waals surface area contributed by atoms with E-state index in [0.717, 1.165) is 22.6 Å². The number of nitrogens with zero attached hydrogens (tertiary/aromatic N) is 2. The fourth-order valence-electron chi connectivity index (χ4n) is 3.44. The lowest BCUT2D eigenvalue weighted by Gasteiger charge is -2.22. The molecule has 0 unspecified atom stereocenters. The van der Waals surface area contributed by atoms with Crippen LogP contribution in [-0.4, -0.2) is 27.8 Å². The molecule has 0 aliphatic rings. The van der Waals surface area contributed by atoms with Gasteiger partial charge in [0.15, 0.2) is 0 Å². The van der Waals surface area contributed by atoms with Crippen LogP contribution in [-0.2, 0) is 11.3 Å². The summed E-state index contributed by atoms with van der Waals surface area (Å²) in [5.41, 5.74) is 9.24. The summed E-state index contributed by atoms with van der Waals surface area (Å²) in [5.74, 6) is -0.933. The largest absolute Gasteiger partial charge is 0.370 e. The molecule has 0 bridgehead atoms. The van der Waals surface area contributed by atoms with Crippen molar-refractivity contribution in [3.8, 4) is 5.69 Å². The highest BCUT2D eigenvalue weighted by Gasteiger charge is 2.22. The SMILES string of the molecule is Cc1cc(C(=O)N(CCC(N)=O)Cc2ccccc2)c(C)n1-c1ccc(F)cc1. The van der Waals surface area contributed by atoms with E-state index in [1.165, 1.54) is 12.1 Å². The van der Waals surface area contributed by atoms with Gasteiger partial charge in [-0.3, -0.25) is 9.59 Å². The summed E-state index contributed by atoms with van der Waals surface area (Å²) in [5, 5.41) is 0. The molecule has 0 saturated heterocycles. The number of aryl methyl sites for hydroxylation is 1. The van der Waals surface area contributed by atoms with Crippen molar-refractivity contribution in [3.05, 3.63) is 89.0 Å². The Hall–Kier alpha value is -3.41. The van der Waals surface area contributed by atoms with Crippen molar-refractivity contribution < 1.29 is 14.0 Å². The zero-order chi connectivity index (χ0) is 21.0. The van der Waals surface area contributed by atoms with Gasteiger partial charge in [-0.1, -0.05) is 30.3 Å². The van der Waals surface area contributed by atoms with Gasteiger partial charge in [0.1, 0.15) is 5.82 Å². The minimum atomic E-state index is -0.451. The Morgan fingerprint density at radius 3 is 2.31 bits per heavy atom. The van der Waals surface area contributed by atoms with Gasteiger partial charge in [0.05, 0.1) is 5.56 Å². The molecule has 0 radical (unpaired) electrons. The van der Waals surface area contributed by atoms with Crippen LogP contribution < -0.4 is 5.73 Å². The average molecular weight is 393 g/mol. The standard InChI is InChI=1S/C23H24FN3O2/c1-16-14-21(17(2)27(16)20-10-8-19(24)9-11-20)23(29)26(13-12-22(25)28)15-18-6-4-3-5-7-18/h3-11,14H,12-13,15H2,1-2H3,(H2,25,28). The highest BCUT2D eigenvalue weighted by Crippen LogP contribution is 2.23. The molecule has 2 amide bonds. The fourth-order valence-corrected chi connectivity index (χ4v) is 3.44. The van der Waals surface area contributed by atoms with Crippen LogP contribution in [0.4, 0.5) is 4.39 Å². The van der Waals surface area contributed by atoms with Gasteiger partial charge in [-0.15, -0.1) is 0 Å². The normalized spacial score (nSPS) is 10.7. The van der Waals surface area contributed by atoms with Crippen molar-refractivity contribution in [2.75, 3.05) is 6.54 Å². The van der Waals surface area contributed by atoms with E-state index in [1.54, 1.807) is 17.0 Å². The van der Waals surface area contributed by atoms with E-state index >= 15 is 0 Å². The maximum absolute atomic E-state index is 13.3. The number of rotatable bonds is 7. The summed E-state index contributed by atoms with van der Waals surface area (Å²) in [6, 6.07) is 17.6. The van der Waals surface area contributed by atoms with Crippen LogP contribution in [0.5, 0.6) is 0 Å². The molecule has 3 aromatic rings. The third-order valence-corrected chi connectivity index (χ3v) is 4.88. The van der Waals surface area contributed by atoms with Crippen LogP contribution in [0.25, 0.3) is 5.69 Å². The van der Waals surface area contributed by atoms with Crippen molar-refractivity contribution in [1.82, 2.24) is 9.47 Å². The second-order valence-corrected chi connectivity index (χ2v) is 7.03. The molecule has 1 heterocycles. The van der Waals surface area contributed by atoms with Crippen LogP contribution in [0.3, 0.4) is 0 Å². The zero-order valence-electron chi connectivity index (χ0n) is 16.6. The van der Waals surface area contributed by atoms with E-state index < -0.39 is 5.91 Å². The summed E-state index contributed by atoms with van der Waals surface area (Å²) in [4.78, 5) is 26.3. The smallest absolute Gasteiger partial charge is 0.256 e. The van der Waals surface area contributed by atoms with E-state index in [4.69, 9.17) is 5.73 Å². The van der Waals surface area contributed by atoms with Gasteiger partial charge < -0.3 is 15.2 Å². The fraction of sp³-hybridized carbons (Fsp3) is 0.217. The molecule has 0 saturated carbocycles. The number of nitrogens with two attached hydrogens (primary N) is 1. The van der Waals surface area contributed by atoms with E-state index in [-0.39, 0.29) is 24.7 Å². The number of carbonyl (C=O) groups excluding carboxylic acids is 2. The molecule has 150 valence electrons. The van der Waals surface area contributed by atoms with Gasteiger partial charge in [0, 0.05) is 36.6 Å². The lowest BCUT2D eigenvalue weighted by Crippen LogP contribution is -2.34. The van der Waals surface area contributed by atoms with Gasteiger partial charge in [-0.25, -0.2) is 4.39 Å². The Morgan fingerprint density at radius 1 is 1.03 bits per heavy atom. The van der Waals surface area contributed by atoms with Crippen LogP contribution in [0.1, 0.15) is 33.7 Å². The lowest BCUT2D eigenvalue weighted by atomic mass is 10.1. The molecular weight excluding hydrogens is 369 g/mol. The summed E-state index contributed by atoms with van der Waals surface area (Å²) in [7, 11) is 0. The van der Waals surface area contributed by atoms with E-state index in [9.17, 15) is 14.0 Å². The first-order valence-corrected chi connectivity index (χ1v) is 9.43. The molecule has 0 aliphatic carbocycles. The third kappa shape index (κ3) is 4.71. The molecule has 5 nitrogen and oxygen atoms in total. The molecule has 3 rings (SSSR count). The monoisotopic (exact) mass is 393 g/mol. The number of primary amides is 1. The molecule has 2 N–H and O–H groups in total. The molecule has 0 spiro atoms. The summed E-state index contributed by atoms with van der Waals surface area (Å²) >= 11 is 0. The highest BCUT2D eigenvalue weighted by molar-refractivity contribution is 5.96. The molecule has 0 fully saturated rings. The summed E-state index contributed by atoms with van der Waals surface area (Å²) < 4.78 is 15.2. The Kier molecular flexibility index (Phi) is 6.12. The number of hydrogen-bond donors (Lipinski definition) is 1. The predicted octanol–water partition coefficient (Wildman–Crippen LogP) is 3.75. The van der Waals surface area contributed by atoms with Crippen molar-refractivity contribution >= 4 is 11.8 Å². The van der Waals surface area contributed by atoms with Crippen molar-refractivity contribution in [2.45, 2.75) is 26.8 Å². The van der Waals surface area contributed by atoms with Crippen LogP contribution in [0, 0.1) is 19.7 Å². The zero-order valence-corrected chi connectivity index (χ0v) is 16.6. The van der Waals surface area contributed by atoms with Gasteiger partial charge in [0.2, 0.25) is 5.91 Å². The lowest BCUT2D eigenvalue weighted by molar-refractivity contribution is -0.118. The van der Waals surface area contributed by atoms with Crippen LogP contribution >= 0.6 is 0 Å². The van der Waals surface area contributed by atoms with E-state index in [1.807, 2.05) is 54.8 Å². The maximum atomic E-state index is 13.3. The molecule has 0 atom stereocenters. The van der Waals surface area contributed by atoms with Crippen LogP contribution in [0.15, 0.2) is 60.7 Å². The molecule has 6 heteroatoms. The first-order chi connectivity index (χ1) is 13.9. The molecule has 0 aliphatic heterocycles. The Balaban J connectivity index is 1.93. The number of carbonyl (C=O) groups is 2. The number of halogens is 1. The average Bonchev–Trinajstić information content (AvgIpc) is 3.00. The van der Waals surface area contributed by atoms with Gasteiger partial charge in [-0.05, 0) is 49.7 Å². The number of hydrogen-bond acceptors (Lipinski definition) is 2. The topological polar surface area (TPSA) is 68.3 Å². The van der Waals surface area contributed by atoms with Gasteiger partial charge in [-0.2, -0.15) is 0 Å². The Labute approximate surface area is 169 Å². The molecular formula is C23H24FN3O2. The maximum Gasteiger partial charge on any atom is 0.256 e. The third-order valence-electron chi connectivity index (χ3n) is 4.88. The van der Waals surface area contributed by atoms with Crippen LogP contribution in [0.2, 0.25) is 0 Å². The minimum absolute atomic E-state index is 0.0925. The van der Waals surface area contributed by atoms with Crippen molar-refractivity contribution in [3.63, 3.8) is 0 Å². The first-order valence-electron chi connectivity index (χ1n) is 9.43. The second-order valence-electron chi connectivity index (χ2n) is 7.03. The number of benzene rings is 2. The Bertz CT molecular complexity index is 1010. The molecule has 2 aromatic carbocycles. The number of amides is 2. The quantitative estimate of drug-likeness (QED) is 0.664. The highest BCUT2D eigenvalue weighted by atomic mass is 19.1. The minimum Gasteiger partial charge on any atom is -0.370 e. The molecule has 1 aromatic heterocycles. The summed E-state index contributed by atoms with van der Waals surface area (Å²) in [6.45, 7) is 4.38. The first kappa shape index (κ1) is 20.3. The van der Waals surface area contributed by atoms with E-state index in [0.29, 0.717) is 12.1 Å². The predicted molar refractivity (Wildman–Crippen MR) is 110 cm³/mol.